The van der Waals surface area contributed by atoms with Crippen molar-refractivity contribution in [3.05, 3.63) is 71.4 Å². The van der Waals surface area contributed by atoms with Crippen LogP contribution in [-0.4, -0.2) is 56.3 Å². The molecule has 8 heteroatoms. The Balaban J connectivity index is 1.13. The lowest BCUT2D eigenvalue weighted by Crippen LogP contribution is -2.45. The lowest BCUT2D eigenvalue weighted by atomic mass is 10.1. The SMILES string of the molecule is Cc1ccc(-c2noc(CN3CCN(Cc4nnc(-c5ccc(C)cc5)o4)CC3)n2)cc1. The van der Waals surface area contributed by atoms with Crippen molar-refractivity contribution in [1.29, 1.82) is 0 Å². The molecule has 32 heavy (non-hydrogen) atoms. The van der Waals surface area contributed by atoms with Gasteiger partial charge in [0.1, 0.15) is 0 Å². The highest BCUT2D eigenvalue weighted by Crippen LogP contribution is 2.20. The minimum absolute atomic E-state index is 0.569. The van der Waals surface area contributed by atoms with E-state index in [2.05, 4.69) is 56.1 Å². The Hall–Kier alpha value is -3.36. The van der Waals surface area contributed by atoms with Crippen LogP contribution < -0.4 is 0 Å². The lowest BCUT2D eigenvalue weighted by Gasteiger charge is -2.32. The maximum Gasteiger partial charge on any atom is 0.247 e. The summed E-state index contributed by atoms with van der Waals surface area (Å²) >= 11 is 0. The van der Waals surface area contributed by atoms with E-state index in [1.54, 1.807) is 0 Å². The quantitative estimate of drug-likeness (QED) is 0.458. The van der Waals surface area contributed by atoms with Crippen LogP contribution in [0.25, 0.3) is 22.8 Å². The average molecular weight is 431 g/mol. The summed E-state index contributed by atoms with van der Waals surface area (Å²) in [5, 5.41) is 12.6. The maximum atomic E-state index is 5.88. The molecule has 2 aromatic carbocycles. The Morgan fingerprint density at radius 1 is 0.719 bits per heavy atom. The van der Waals surface area contributed by atoms with Gasteiger partial charge in [0, 0.05) is 37.3 Å². The smallest absolute Gasteiger partial charge is 0.247 e. The van der Waals surface area contributed by atoms with Crippen LogP contribution in [0.5, 0.6) is 0 Å². The third-order valence-corrected chi connectivity index (χ3v) is 5.73. The fourth-order valence-electron chi connectivity index (χ4n) is 3.76. The number of aromatic nitrogens is 4. The normalized spacial score (nSPS) is 15.3. The second-order valence-electron chi connectivity index (χ2n) is 8.30. The minimum Gasteiger partial charge on any atom is -0.419 e. The molecular formula is C24H26N6O2. The molecule has 0 spiro atoms. The number of aryl methyl sites for hydroxylation is 2. The molecule has 0 radical (unpaired) electrons. The summed E-state index contributed by atoms with van der Waals surface area (Å²) in [7, 11) is 0. The van der Waals surface area contributed by atoms with E-state index >= 15 is 0 Å². The zero-order chi connectivity index (χ0) is 21.9. The highest BCUT2D eigenvalue weighted by molar-refractivity contribution is 5.54. The molecule has 0 atom stereocenters. The lowest BCUT2D eigenvalue weighted by molar-refractivity contribution is 0.106. The predicted octanol–water partition coefficient (Wildman–Crippen LogP) is 3.72. The van der Waals surface area contributed by atoms with Crippen molar-refractivity contribution in [3.63, 3.8) is 0 Å². The van der Waals surface area contributed by atoms with Crippen LogP contribution in [0, 0.1) is 13.8 Å². The first-order valence-corrected chi connectivity index (χ1v) is 10.9. The van der Waals surface area contributed by atoms with Gasteiger partial charge >= 0.3 is 0 Å². The minimum atomic E-state index is 0.569. The summed E-state index contributed by atoms with van der Waals surface area (Å²) in [5.74, 6) is 2.50. The van der Waals surface area contributed by atoms with E-state index in [1.165, 1.54) is 11.1 Å². The first kappa shape index (κ1) is 20.5. The molecule has 0 saturated carbocycles. The molecular weight excluding hydrogens is 404 g/mol. The first-order chi connectivity index (χ1) is 15.6. The van der Waals surface area contributed by atoms with E-state index in [4.69, 9.17) is 8.94 Å². The summed E-state index contributed by atoms with van der Waals surface area (Å²) in [6.45, 7) is 9.11. The van der Waals surface area contributed by atoms with Crippen LogP contribution in [0.4, 0.5) is 0 Å². The fraction of sp³-hybridized carbons (Fsp3) is 0.333. The van der Waals surface area contributed by atoms with Gasteiger partial charge in [-0.1, -0.05) is 52.7 Å². The Kier molecular flexibility index (Phi) is 5.79. The standard InChI is InChI=1S/C24H26N6O2/c1-17-3-7-19(8-4-17)23-25-21(32-28-23)15-29-11-13-30(14-12-29)16-22-26-27-24(31-22)20-9-5-18(2)6-10-20/h3-10H,11-16H2,1-2H3. The topological polar surface area (TPSA) is 84.3 Å². The Bertz CT molecular complexity index is 1060. The summed E-state index contributed by atoms with van der Waals surface area (Å²) < 4.78 is 11.4. The van der Waals surface area contributed by atoms with Crippen LogP contribution in [0.1, 0.15) is 22.9 Å². The molecule has 2 aromatic heterocycles. The Labute approximate surface area is 186 Å². The summed E-state index contributed by atoms with van der Waals surface area (Å²) in [6, 6.07) is 16.3. The molecule has 5 rings (SSSR count). The number of hydrogen-bond donors (Lipinski definition) is 0. The van der Waals surface area contributed by atoms with Gasteiger partial charge in [-0.3, -0.25) is 9.80 Å². The monoisotopic (exact) mass is 430 g/mol. The second kappa shape index (κ2) is 9.02. The van der Waals surface area contributed by atoms with Gasteiger partial charge < -0.3 is 8.94 Å². The van der Waals surface area contributed by atoms with Crippen LogP contribution in [0.2, 0.25) is 0 Å². The highest BCUT2D eigenvalue weighted by Gasteiger charge is 2.21. The predicted molar refractivity (Wildman–Crippen MR) is 119 cm³/mol. The van der Waals surface area contributed by atoms with Gasteiger partial charge in [0.05, 0.1) is 13.1 Å². The zero-order valence-electron chi connectivity index (χ0n) is 18.4. The van der Waals surface area contributed by atoms with Crippen molar-refractivity contribution in [2.24, 2.45) is 0 Å². The van der Waals surface area contributed by atoms with E-state index in [0.29, 0.717) is 36.6 Å². The molecule has 3 heterocycles. The molecule has 1 saturated heterocycles. The van der Waals surface area contributed by atoms with Crippen LogP contribution in [-0.2, 0) is 13.1 Å². The molecule has 0 unspecified atom stereocenters. The number of hydrogen-bond acceptors (Lipinski definition) is 8. The number of nitrogens with zero attached hydrogens (tertiary/aromatic N) is 6. The van der Waals surface area contributed by atoms with E-state index in [0.717, 1.165) is 37.3 Å². The first-order valence-electron chi connectivity index (χ1n) is 10.9. The van der Waals surface area contributed by atoms with E-state index in [9.17, 15) is 0 Å². The van der Waals surface area contributed by atoms with Crippen LogP contribution in [0.3, 0.4) is 0 Å². The molecule has 0 amide bonds. The van der Waals surface area contributed by atoms with Gasteiger partial charge in [0.15, 0.2) is 0 Å². The van der Waals surface area contributed by atoms with Gasteiger partial charge in [-0.05, 0) is 26.0 Å². The van der Waals surface area contributed by atoms with E-state index < -0.39 is 0 Å². The molecule has 164 valence electrons. The van der Waals surface area contributed by atoms with Crippen molar-refractivity contribution in [2.75, 3.05) is 26.2 Å². The molecule has 0 N–H and O–H groups in total. The van der Waals surface area contributed by atoms with Crippen LogP contribution in [0.15, 0.2) is 57.5 Å². The van der Waals surface area contributed by atoms with Gasteiger partial charge in [-0.25, -0.2) is 0 Å². The molecule has 1 fully saturated rings. The van der Waals surface area contributed by atoms with Crippen molar-refractivity contribution in [1.82, 2.24) is 30.1 Å². The largest absolute Gasteiger partial charge is 0.419 e. The summed E-state index contributed by atoms with van der Waals surface area (Å²) in [6.07, 6.45) is 0. The number of piperazine rings is 1. The van der Waals surface area contributed by atoms with Crippen molar-refractivity contribution in [2.45, 2.75) is 26.9 Å². The second-order valence-corrected chi connectivity index (χ2v) is 8.30. The van der Waals surface area contributed by atoms with Gasteiger partial charge in [-0.15, -0.1) is 10.2 Å². The van der Waals surface area contributed by atoms with Crippen molar-refractivity contribution >= 4 is 0 Å². The van der Waals surface area contributed by atoms with Gasteiger partial charge in [-0.2, -0.15) is 4.98 Å². The maximum absolute atomic E-state index is 5.88. The molecule has 1 aliphatic rings. The number of rotatable bonds is 6. The van der Waals surface area contributed by atoms with Crippen molar-refractivity contribution in [3.8, 4) is 22.8 Å². The van der Waals surface area contributed by atoms with Gasteiger partial charge in [0.25, 0.3) is 0 Å². The third-order valence-electron chi connectivity index (χ3n) is 5.73. The molecule has 8 nitrogen and oxygen atoms in total. The van der Waals surface area contributed by atoms with Crippen LogP contribution >= 0.6 is 0 Å². The summed E-state index contributed by atoms with van der Waals surface area (Å²) in [4.78, 5) is 9.22. The Morgan fingerprint density at radius 2 is 1.28 bits per heavy atom. The molecule has 1 aliphatic heterocycles. The zero-order valence-corrected chi connectivity index (χ0v) is 18.4. The highest BCUT2D eigenvalue weighted by atomic mass is 16.5. The van der Waals surface area contributed by atoms with Crippen molar-refractivity contribution < 1.29 is 8.94 Å². The van der Waals surface area contributed by atoms with E-state index in [1.807, 2.05) is 36.4 Å². The average Bonchev–Trinajstić information content (AvgIpc) is 3.46. The van der Waals surface area contributed by atoms with Gasteiger partial charge in [0.2, 0.25) is 23.5 Å². The fourth-order valence-corrected chi connectivity index (χ4v) is 3.76. The van der Waals surface area contributed by atoms with E-state index in [-0.39, 0.29) is 0 Å². The third kappa shape index (κ3) is 4.76. The summed E-state index contributed by atoms with van der Waals surface area (Å²) in [5.41, 5.74) is 4.34. The Morgan fingerprint density at radius 3 is 1.91 bits per heavy atom. The number of benzene rings is 2. The molecule has 0 bridgehead atoms. The molecule has 4 aromatic rings. The molecule has 0 aliphatic carbocycles.